The molecular formula is C27H28N2O4S. The smallest absolute Gasteiger partial charge is 0.244 e. The van der Waals surface area contributed by atoms with Crippen LogP contribution < -0.4 is 14.8 Å². The first-order valence-corrected chi connectivity index (χ1v) is 12.1. The monoisotopic (exact) mass is 476 g/mol. The van der Waals surface area contributed by atoms with Crippen LogP contribution in [-0.4, -0.2) is 42.7 Å². The summed E-state index contributed by atoms with van der Waals surface area (Å²) in [6, 6.07) is 24.4. The number of carbonyl (C=O) groups excluding carboxylic acids is 2. The predicted octanol–water partition coefficient (Wildman–Crippen LogP) is 4.57. The van der Waals surface area contributed by atoms with Crippen LogP contribution in [0.3, 0.4) is 0 Å². The number of thioether (sulfide) groups is 1. The maximum atomic E-state index is 13.6. The van der Waals surface area contributed by atoms with Gasteiger partial charge >= 0.3 is 0 Å². The lowest BCUT2D eigenvalue weighted by atomic mass is 9.98. The third kappa shape index (κ3) is 4.89. The van der Waals surface area contributed by atoms with E-state index < -0.39 is 6.04 Å². The SMILES string of the molecule is COc1ccc(C2SCC(C(=O)NC(c3ccccc3)c3ccccc3)N2C(C)=O)cc1OC. The first kappa shape index (κ1) is 23.7. The molecule has 1 fully saturated rings. The highest BCUT2D eigenvalue weighted by Gasteiger charge is 2.41. The van der Waals surface area contributed by atoms with Gasteiger partial charge in [-0.15, -0.1) is 11.8 Å². The van der Waals surface area contributed by atoms with Gasteiger partial charge in [0.25, 0.3) is 0 Å². The maximum absolute atomic E-state index is 13.6. The first-order chi connectivity index (χ1) is 16.5. The Morgan fingerprint density at radius 1 is 0.912 bits per heavy atom. The highest BCUT2D eigenvalue weighted by atomic mass is 32.2. The minimum atomic E-state index is -0.587. The molecule has 7 heteroatoms. The van der Waals surface area contributed by atoms with Crippen molar-refractivity contribution in [2.75, 3.05) is 20.0 Å². The Balaban J connectivity index is 1.61. The molecular weight excluding hydrogens is 448 g/mol. The molecule has 0 aliphatic carbocycles. The van der Waals surface area contributed by atoms with Gasteiger partial charge in [0.1, 0.15) is 11.4 Å². The molecule has 1 saturated heterocycles. The molecule has 0 radical (unpaired) electrons. The third-order valence-corrected chi connectivity index (χ3v) is 7.24. The largest absolute Gasteiger partial charge is 0.493 e. The highest BCUT2D eigenvalue weighted by Crippen LogP contribution is 2.44. The molecule has 3 aromatic rings. The summed E-state index contributed by atoms with van der Waals surface area (Å²) >= 11 is 1.57. The minimum absolute atomic E-state index is 0.152. The molecule has 3 aromatic carbocycles. The first-order valence-electron chi connectivity index (χ1n) is 11.1. The van der Waals surface area contributed by atoms with Crippen LogP contribution in [0.1, 0.15) is 35.0 Å². The second-order valence-corrected chi connectivity index (χ2v) is 9.12. The third-order valence-electron chi connectivity index (χ3n) is 5.91. The second-order valence-electron chi connectivity index (χ2n) is 8.01. The predicted molar refractivity (Wildman–Crippen MR) is 134 cm³/mol. The number of amides is 2. The molecule has 1 N–H and O–H groups in total. The van der Waals surface area contributed by atoms with Gasteiger partial charge in [-0.25, -0.2) is 0 Å². The van der Waals surface area contributed by atoms with Gasteiger partial charge in [0.2, 0.25) is 11.8 Å². The van der Waals surface area contributed by atoms with Crippen molar-refractivity contribution in [1.82, 2.24) is 10.2 Å². The maximum Gasteiger partial charge on any atom is 0.244 e. The topological polar surface area (TPSA) is 67.9 Å². The van der Waals surface area contributed by atoms with Crippen molar-refractivity contribution in [2.45, 2.75) is 24.4 Å². The molecule has 1 aliphatic rings. The van der Waals surface area contributed by atoms with Crippen LogP contribution in [-0.2, 0) is 9.59 Å². The molecule has 0 bridgehead atoms. The Hall–Kier alpha value is -3.45. The molecule has 1 heterocycles. The standard InChI is InChI=1S/C27H28N2O4S/c1-18(30)29-22(17-34-27(29)21-14-15-23(32-2)24(16-21)33-3)26(31)28-25(19-10-6-4-7-11-19)20-12-8-5-9-13-20/h4-16,22,25,27H,17H2,1-3H3,(H,28,31). The van der Waals surface area contributed by atoms with E-state index in [2.05, 4.69) is 5.32 Å². The van der Waals surface area contributed by atoms with Crippen molar-refractivity contribution >= 4 is 23.6 Å². The van der Waals surface area contributed by atoms with Crippen LogP contribution in [0.4, 0.5) is 0 Å². The van der Waals surface area contributed by atoms with Gasteiger partial charge in [-0.1, -0.05) is 66.7 Å². The quantitative estimate of drug-likeness (QED) is 0.541. The van der Waals surface area contributed by atoms with Crippen LogP contribution in [0.25, 0.3) is 0 Å². The van der Waals surface area contributed by atoms with Gasteiger partial charge < -0.3 is 19.7 Å². The number of nitrogens with zero attached hydrogens (tertiary/aromatic N) is 1. The van der Waals surface area contributed by atoms with Crippen LogP contribution in [0, 0.1) is 0 Å². The number of ether oxygens (including phenoxy) is 2. The molecule has 6 nitrogen and oxygen atoms in total. The normalized spacial score (nSPS) is 17.5. The van der Waals surface area contributed by atoms with Crippen LogP contribution in [0.15, 0.2) is 78.9 Å². The van der Waals surface area contributed by atoms with Crippen LogP contribution in [0.5, 0.6) is 11.5 Å². The lowest BCUT2D eigenvalue weighted by molar-refractivity contribution is -0.138. The fourth-order valence-corrected chi connectivity index (χ4v) is 5.72. The zero-order chi connectivity index (χ0) is 24.1. The van der Waals surface area contributed by atoms with E-state index >= 15 is 0 Å². The fourth-order valence-electron chi connectivity index (χ4n) is 4.24. The van der Waals surface area contributed by atoms with E-state index in [-0.39, 0.29) is 23.2 Å². The summed E-state index contributed by atoms with van der Waals surface area (Å²) in [4.78, 5) is 27.9. The molecule has 176 valence electrons. The number of hydrogen-bond acceptors (Lipinski definition) is 5. The summed E-state index contributed by atoms with van der Waals surface area (Å²) in [7, 11) is 3.16. The molecule has 2 atom stereocenters. The molecule has 0 spiro atoms. The van der Waals surface area contributed by atoms with Gasteiger partial charge in [-0.2, -0.15) is 0 Å². The Morgan fingerprint density at radius 3 is 2.03 bits per heavy atom. The van der Waals surface area contributed by atoms with Crippen molar-refractivity contribution in [2.24, 2.45) is 0 Å². The molecule has 4 rings (SSSR count). The zero-order valence-electron chi connectivity index (χ0n) is 19.4. The lowest BCUT2D eigenvalue weighted by Crippen LogP contribution is -2.48. The summed E-state index contributed by atoms with van der Waals surface area (Å²) in [6.07, 6.45) is 0. The summed E-state index contributed by atoms with van der Waals surface area (Å²) in [5.41, 5.74) is 2.85. The fraction of sp³-hybridized carbons (Fsp3) is 0.259. The molecule has 2 amide bonds. The van der Waals surface area contributed by atoms with E-state index in [1.54, 1.807) is 30.9 Å². The number of nitrogens with one attached hydrogen (secondary N) is 1. The van der Waals surface area contributed by atoms with E-state index in [1.165, 1.54) is 6.92 Å². The summed E-state index contributed by atoms with van der Waals surface area (Å²) < 4.78 is 10.8. The average Bonchev–Trinajstić information content (AvgIpc) is 3.33. The average molecular weight is 477 g/mol. The zero-order valence-corrected chi connectivity index (χ0v) is 20.2. The number of carbonyl (C=O) groups is 2. The molecule has 0 saturated carbocycles. The van der Waals surface area contributed by atoms with Crippen molar-refractivity contribution < 1.29 is 19.1 Å². The van der Waals surface area contributed by atoms with Gasteiger partial charge in [-0.3, -0.25) is 9.59 Å². The van der Waals surface area contributed by atoms with Crippen LogP contribution in [0.2, 0.25) is 0 Å². The van der Waals surface area contributed by atoms with E-state index in [9.17, 15) is 9.59 Å². The van der Waals surface area contributed by atoms with Gasteiger partial charge in [0, 0.05) is 12.7 Å². The van der Waals surface area contributed by atoms with E-state index in [0.29, 0.717) is 17.3 Å². The summed E-state index contributed by atoms with van der Waals surface area (Å²) in [5, 5.41) is 2.91. The Bertz CT molecular complexity index is 1100. The van der Waals surface area contributed by atoms with Gasteiger partial charge in [0.15, 0.2) is 11.5 Å². The second kappa shape index (κ2) is 10.7. The lowest BCUT2D eigenvalue weighted by Gasteiger charge is -2.30. The van der Waals surface area contributed by atoms with E-state index in [4.69, 9.17) is 9.47 Å². The number of hydrogen-bond donors (Lipinski definition) is 1. The number of methoxy groups -OCH3 is 2. The van der Waals surface area contributed by atoms with Gasteiger partial charge in [0.05, 0.1) is 20.3 Å². The van der Waals surface area contributed by atoms with Crippen molar-refractivity contribution in [3.05, 3.63) is 95.6 Å². The molecule has 2 unspecified atom stereocenters. The molecule has 1 aliphatic heterocycles. The molecule has 0 aromatic heterocycles. The summed E-state index contributed by atoms with van der Waals surface area (Å²) in [5.74, 6) is 1.38. The summed E-state index contributed by atoms with van der Waals surface area (Å²) in [6.45, 7) is 1.51. The van der Waals surface area contributed by atoms with E-state index in [1.807, 2.05) is 78.9 Å². The van der Waals surface area contributed by atoms with Crippen molar-refractivity contribution in [3.63, 3.8) is 0 Å². The Labute approximate surface area is 204 Å². The van der Waals surface area contributed by atoms with Crippen molar-refractivity contribution in [1.29, 1.82) is 0 Å². The van der Waals surface area contributed by atoms with Crippen molar-refractivity contribution in [3.8, 4) is 11.5 Å². The van der Waals surface area contributed by atoms with Crippen LogP contribution >= 0.6 is 11.8 Å². The van der Waals surface area contributed by atoms with E-state index in [0.717, 1.165) is 16.7 Å². The minimum Gasteiger partial charge on any atom is -0.493 e. The molecule has 34 heavy (non-hydrogen) atoms. The van der Waals surface area contributed by atoms with Gasteiger partial charge in [-0.05, 0) is 28.8 Å². The number of benzene rings is 3. The Morgan fingerprint density at radius 2 is 1.50 bits per heavy atom. The number of rotatable bonds is 7. The Kier molecular flexibility index (Phi) is 7.43. The highest BCUT2D eigenvalue weighted by molar-refractivity contribution is 7.99.